The molecule has 0 saturated heterocycles. The zero-order chi connectivity index (χ0) is 13.0. The third-order valence-corrected chi connectivity index (χ3v) is 3.06. The van der Waals surface area contributed by atoms with E-state index >= 15 is 0 Å². The molecule has 2 aromatic rings. The fraction of sp³-hybridized carbons (Fsp3) is 0.286. The first-order chi connectivity index (χ1) is 8.74. The molecule has 1 N–H and O–H groups in total. The van der Waals surface area contributed by atoms with Gasteiger partial charge in [-0.05, 0) is 31.7 Å². The third-order valence-electron chi connectivity index (χ3n) is 3.06. The van der Waals surface area contributed by atoms with Crippen molar-refractivity contribution in [1.82, 2.24) is 14.9 Å². The first kappa shape index (κ1) is 12.3. The van der Waals surface area contributed by atoms with Crippen LogP contribution in [0.25, 0.3) is 0 Å². The van der Waals surface area contributed by atoms with E-state index in [0.717, 1.165) is 5.56 Å². The van der Waals surface area contributed by atoms with Gasteiger partial charge in [0.15, 0.2) is 0 Å². The van der Waals surface area contributed by atoms with Gasteiger partial charge in [-0.1, -0.05) is 6.07 Å². The van der Waals surface area contributed by atoms with Crippen LogP contribution >= 0.6 is 0 Å². The van der Waals surface area contributed by atoms with E-state index in [1.54, 1.807) is 6.20 Å². The van der Waals surface area contributed by atoms with Gasteiger partial charge in [-0.2, -0.15) is 5.26 Å². The maximum absolute atomic E-state index is 9.00. The molecule has 2 rings (SSSR count). The minimum Gasteiger partial charge on any atom is -0.349 e. The highest BCUT2D eigenvalue weighted by Crippen LogP contribution is 2.14. The van der Waals surface area contributed by atoms with Crippen LogP contribution in [0.1, 0.15) is 29.8 Å². The number of hydrogen-bond acceptors (Lipinski definition) is 3. The molecule has 0 bridgehead atoms. The Hall–Kier alpha value is -2.12. The van der Waals surface area contributed by atoms with E-state index in [9.17, 15) is 0 Å². The Bertz CT molecular complexity index is 565. The molecule has 0 aliphatic carbocycles. The van der Waals surface area contributed by atoms with Crippen molar-refractivity contribution in [3.8, 4) is 6.07 Å². The van der Waals surface area contributed by atoms with Gasteiger partial charge in [0.25, 0.3) is 0 Å². The van der Waals surface area contributed by atoms with Gasteiger partial charge in [-0.25, -0.2) is 4.98 Å². The molecule has 0 radical (unpaired) electrons. The minimum absolute atomic E-state index is 0.329. The molecule has 0 aliphatic rings. The summed E-state index contributed by atoms with van der Waals surface area (Å²) >= 11 is 0. The molecule has 2 heterocycles. The minimum atomic E-state index is 0.329. The number of nitrogens with one attached hydrogen (secondary N) is 1. The summed E-state index contributed by atoms with van der Waals surface area (Å²) in [6.07, 6.45) is 5.76. The quantitative estimate of drug-likeness (QED) is 0.890. The maximum atomic E-state index is 9.00. The number of aromatic nitrogens is 2. The fourth-order valence-electron chi connectivity index (χ4n) is 1.84. The van der Waals surface area contributed by atoms with Gasteiger partial charge in [-0.15, -0.1) is 0 Å². The lowest BCUT2D eigenvalue weighted by Crippen LogP contribution is -2.11. The van der Waals surface area contributed by atoms with E-state index in [0.29, 0.717) is 18.3 Å². The van der Waals surface area contributed by atoms with Crippen molar-refractivity contribution < 1.29 is 0 Å². The molecule has 0 amide bonds. The lowest BCUT2D eigenvalue weighted by molar-refractivity contribution is 0.649. The highest BCUT2D eigenvalue weighted by Gasteiger charge is 2.06. The van der Waals surface area contributed by atoms with Crippen LogP contribution in [0.5, 0.6) is 0 Å². The standard InChI is InChI=1S/C14H16N4/c1-11(16-2)12-5-7-18(9-12)10-13-4-3-6-17-14(13)8-15/h3-7,9,11,16H,10H2,1-2H3. The van der Waals surface area contributed by atoms with Crippen LogP contribution in [-0.4, -0.2) is 16.6 Å². The highest BCUT2D eigenvalue weighted by atomic mass is 15.0. The van der Waals surface area contributed by atoms with Crippen molar-refractivity contribution in [3.63, 3.8) is 0 Å². The first-order valence-corrected chi connectivity index (χ1v) is 5.91. The van der Waals surface area contributed by atoms with Crippen LogP contribution in [0, 0.1) is 11.3 Å². The van der Waals surface area contributed by atoms with Crippen molar-refractivity contribution >= 4 is 0 Å². The smallest absolute Gasteiger partial charge is 0.145 e. The molecule has 1 unspecified atom stereocenters. The summed E-state index contributed by atoms with van der Waals surface area (Å²) in [5, 5.41) is 12.2. The van der Waals surface area contributed by atoms with Crippen molar-refractivity contribution in [3.05, 3.63) is 53.6 Å². The van der Waals surface area contributed by atoms with E-state index < -0.39 is 0 Å². The molecule has 18 heavy (non-hydrogen) atoms. The number of pyridine rings is 1. The van der Waals surface area contributed by atoms with Gasteiger partial charge >= 0.3 is 0 Å². The largest absolute Gasteiger partial charge is 0.349 e. The van der Waals surface area contributed by atoms with Crippen LogP contribution in [-0.2, 0) is 6.54 Å². The predicted molar refractivity (Wildman–Crippen MR) is 70.0 cm³/mol. The molecule has 92 valence electrons. The van der Waals surface area contributed by atoms with Crippen LogP contribution in [0.15, 0.2) is 36.8 Å². The molecule has 0 spiro atoms. The lowest BCUT2D eigenvalue weighted by atomic mass is 10.2. The van der Waals surface area contributed by atoms with Crippen molar-refractivity contribution in [1.29, 1.82) is 5.26 Å². The molecule has 1 atom stereocenters. The molecule has 2 aromatic heterocycles. The molecular formula is C14H16N4. The molecule has 0 fully saturated rings. The summed E-state index contributed by atoms with van der Waals surface area (Å²) in [5.41, 5.74) is 2.67. The van der Waals surface area contributed by atoms with E-state index in [-0.39, 0.29) is 0 Å². The second-order valence-electron chi connectivity index (χ2n) is 4.25. The lowest BCUT2D eigenvalue weighted by Gasteiger charge is -2.07. The highest BCUT2D eigenvalue weighted by molar-refractivity contribution is 5.31. The normalized spacial score (nSPS) is 12.1. The van der Waals surface area contributed by atoms with Gasteiger partial charge in [0, 0.05) is 36.7 Å². The van der Waals surface area contributed by atoms with E-state index in [1.165, 1.54) is 5.56 Å². The van der Waals surface area contributed by atoms with E-state index in [1.807, 2.05) is 25.4 Å². The van der Waals surface area contributed by atoms with Crippen LogP contribution in [0.2, 0.25) is 0 Å². The molecule has 0 aliphatic heterocycles. The number of rotatable bonds is 4. The SMILES string of the molecule is CNC(C)c1ccn(Cc2cccnc2C#N)c1. The summed E-state index contributed by atoms with van der Waals surface area (Å²) in [6.45, 7) is 2.79. The Morgan fingerprint density at radius 3 is 3.06 bits per heavy atom. The zero-order valence-corrected chi connectivity index (χ0v) is 10.6. The summed E-state index contributed by atoms with van der Waals surface area (Å²) < 4.78 is 2.07. The van der Waals surface area contributed by atoms with Gasteiger partial charge < -0.3 is 9.88 Å². The fourth-order valence-corrected chi connectivity index (χ4v) is 1.84. The van der Waals surface area contributed by atoms with Gasteiger partial charge in [-0.3, -0.25) is 0 Å². The van der Waals surface area contributed by atoms with Crippen LogP contribution in [0.4, 0.5) is 0 Å². The molecular weight excluding hydrogens is 224 g/mol. The summed E-state index contributed by atoms with van der Waals surface area (Å²) in [5.74, 6) is 0. The van der Waals surface area contributed by atoms with Crippen LogP contribution < -0.4 is 5.32 Å². The van der Waals surface area contributed by atoms with Crippen molar-refractivity contribution in [2.24, 2.45) is 0 Å². The Morgan fingerprint density at radius 1 is 1.50 bits per heavy atom. The molecule has 4 nitrogen and oxygen atoms in total. The second-order valence-corrected chi connectivity index (χ2v) is 4.25. The number of nitrogens with zero attached hydrogens (tertiary/aromatic N) is 3. The summed E-state index contributed by atoms with van der Waals surface area (Å²) in [6, 6.07) is 8.33. The average Bonchev–Trinajstić information content (AvgIpc) is 2.87. The molecule has 4 heteroatoms. The van der Waals surface area contributed by atoms with Crippen LogP contribution in [0.3, 0.4) is 0 Å². The zero-order valence-electron chi connectivity index (χ0n) is 10.6. The monoisotopic (exact) mass is 240 g/mol. The Kier molecular flexibility index (Phi) is 3.75. The Balaban J connectivity index is 2.19. The number of nitriles is 1. The maximum Gasteiger partial charge on any atom is 0.145 e. The van der Waals surface area contributed by atoms with Gasteiger partial charge in [0.05, 0.1) is 0 Å². The number of hydrogen-bond donors (Lipinski definition) is 1. The predicted octanol–water partition coefficient (Wildman–Crippen LogP) is 2.08. The average molecular weight is 240 g/mol. The molecule has 0 saturated carbocycles. The van der Waals surface area contributed by atoms with Gasteiger partial charge in [0.1, 0.15) is 11.8 Å². The van der Waals surface area contributed by atoms with Crippen molar-refractivity contribution in [2.75, 3.05) is 7.05 Å². The third kappa shape index (κ3) is 2.58. The Labute approximate surface area is 107 Å². The topological polar surface area (TPSA) is 53.6 Å². The van der Waals surface area contributed by atoms with E-state index in [2.05, 4.69) is 40.1 Å². The van der Waals surface area contributed by atoms with E-state index in [4.69, 9.17) is 5.26 Å². The van der Waals surface area contributed by atoms with Gasteiger partial charge in [0.2, 0.25) is 0 Å². The second kappa shape index (κ2) is 5.48. The summed E-state index contributed by atoms with van der Waals surface area (Å²) in [7, 11) is 1.94. The molecule has 0 aromatic carbocycles. The Morgan fingerprint density at radius 2 is 2.33 bits per heavy atom. The summed E-state index contributed by atoms with van der Waals surface area (Å²) in [4.78, 5) is 4.06. The van der Waals surface area contributed by atoms with Crippen molar-refractivity contribution in [2.45, 2.75) is 19.5 Å². The first-order valence-electron chi connectivity index (χ1n) is 5.91.